The first-order chi connectivity index (χ1) is 13.1. The number of hydrogen-bond acceptors (Lipinski definition) is 4. The van der Waals surface area contributed by atoms with Crippen molar-refractivity contribution in [3.8, 4) is 0 Å². The van der Waals surface area contributed by atoms with Gasteiger partial charge in [-0.05, 0) is 48.9 Å². The molecule has 0 atom stereocenters. The first kappa shape index (κ1) is 20.9. The van der Waals surface area contributed by atoms with Crippen LogP contribution in [0.5, 0.6) is 0 Å². The van der Waals surface area contributed by atoms with Crippen molar-refractivity contribution in [3.63, 3.8) is 0 Å². The zero-order chi connectivity index (χ0) is 21.0. The minimum absolute atomic E-state index is 0.0126. The third-order valence-corrected chi connectivity index (χ3v) is 4.84. The molecule has 0 spiro atoms. The van der Waals surface area contributed by atoms with Crippen LogP contribution in [0.2, 0.25) is 0 Å². The summed E-state index contributed by atoms with van der Waals surface area (Å²) in [7, 11) is 0. The molecular formula is C19H22N2O7. The maximum absolute atomic E-state index is 11.5. The van der Waals surface area contributed by atoms with Crippen LogP contribution in [-0.4, -0.2) is 49.5 Å². The van der Waals surface area contributed by atoms with Gasteiger partial charge < -0.3 is 25.3 Å². The Morgan fingerprint density at radius 1 is 0.857 bits per heavy atom. The third-order valence-electron chi connectivity index (χ3n) is 4.84. The van der Waals surface area contributed by atoms with Crippen molar-refractivity contribution in [2.24, 2.45) is 0 Å². The van der Waals surface area contributed by atoms with Crippen LogP contribution in [0, 0.1) is 13.8 Å². The lowest BCUT2D eigenvalue weighted by Gasteiger charge is -2.07. The molecule has 2 heterocycles. The summed E-state index contributed by atoms with van der Waals surface area (Å²) in [6, 6.07) is 0. The fourth-order valence-electron chi connectivity index (χ4n) is 3.37. The van der Waals surface area contributed by atoms with E-state index in [-0.39, 0.29) is 37.8 Å². The van der Waals surface area contributed by atoms with Gasteiger partial charge in [-0.15, -0.1) is 0 Å². The van der Waals surface area contributed by atoms with Crippen molar-refractivity contribution in [3.05, 3.63) is 45.0 Å². The van der Waals surface area contributed by atoms with Crippen LogP contribution in [-0.2, 0) is 28.9 Å². The monoisotopic (exact) mass is 390 g/mol. The third kappa shape index (κ3) is 4.48. The number of rotatable bonds is 10. The normalized spacial score (nSPS) is 10.8. The molecule has 0 saturated heterocycles. The van der Waals surface area contributed by atoms with E-state index < -0.39 is 17.9 Å². The highest BCUT2D eigenvalue weighted by atomic mass is 16.4. The number of aldehydes is 1. The SMILES string of the molecule is Cc1c(C=O)[nH]c(Cc2[nH]c(C(=O)O)c(C)c2CCC(=O)O)c1CCC(=O)O. The van der Waals surface area contributed by atoms with E-state index in [4.69, 9.17) is 10.2 Å². The van der Waals surface area contributed by atoms with Gasteiger partial charge in [-0.25, -0.2) is 4.79 Å². The number of aromatic nitrogens is 2. The molecule has 28 heavy (non-hydrogen) atoms. The van der Waals surface area contributed by atoms with Crippen LogP contribution in [0.3, 0.4) is 0 Å². The molecule has 0 fully saturated rings. The molecule has 150 valence electrons. The van der Waals surface area contributed by atoms with Crippen LogP contribution in [0.15, 0.2) is 0 Å². The fraction of sp³-hybridized carbons (Fsp3) is 0.368. The van der Waals surface area contributed by atoms with Crippen LogP contribution >= 0.6 is 0 Å². The number of carboxylic acid groups (broad SMARTS) is 3. The van der Waals surface area contributed by atoms with E-state index in [0.717, 1.165) is 0 Å². The summed E-state index contributed by atoms with van der Waals surface area (Å²) < 4.78 is 0. The number of carboxylic acids is 3. The molecule has 0 bridgehead atoms. The fourth-order valence-corrected chi connectivity index (χ4v) is 3.37. The number of aromatic amines is 2. The second-order valence-corrected chi connectivity index (χ2v) is 6.59. The predicted octanol–water partition coefficient (Wildman–Crippen LogP) is 2.10. The quantitative estimate of drug-likeness (QED) is 0.388. The van der Waals surface area contributed by atoms with Gasteiger partial charge in [0.15, 0.2) is 6.29 Å². The molecule has 2 aromatic heterocycles. The van der Waals surface area contributed by atoms with E-state index in [1.807, 2.05) is 0 Å². The first-order valence-electron chi connectivity index (χ1n) is 8.68. The van der Waals surface area contributed by atoms with Gasteiger partial charge in [0.1, 0.15) is 5.69 Å². The molecule has 0 amide bonds. The van der Waals surface area contributed by atoms with E-state index in [9.17, 15) is 24.3 Å². The molecule has 0 aromatic carbocycles. The lowest BCUT2D eigenvalue weighted by molar-refractivity contribution is -0.138. The number of carbonyl (C=O) groups is 4. The molecular weight excluding hydrogens is 368 g/mol. The van der Waals surface area contributed by atoms with Crippen LogP contribution in [0.25, 0.3) is 0 Å². The van der Waals surface area contributed by atoms with Crippen molar-refractivity contribution in [1.29, 1.82) is 0 Å². The Kier molecular flexibility index (Phi) is 6.40. The van der Waals surface area contributed by atoms with Crippen LogP contribution in [0.4, 0.5) is 0 Å². The molecule has 0 unspecified atom stereocenters. The number of aliphatic carboxylic acids is 2. The average molecular weight is 390 g/mol. The van der Waals surface area contributed by atoms with Gasteiger partial charge in [0, 0.05) is 30.7 Å². The zero-order valence-electron chi connectivity index (χ0n) is 15.6. The minimum Gasteiger partial charge on any atom is -0.481 e. The molecule has 0 radical (unpaired) electrons. The summed E-state index contributed by atoms with van der Waals surface area (Å²) in [5.74, 6) is -3.11. The van der Waals surface area contributed by atoms with E-state index in [1.54, 1.807) is 13.8 Å². The van der Waals surface area contributed by atoms with Gasteiger partial charge in [-0.1, -0.05) is 0 Å². The number of nitrogens with one attached hydrogen (secondary N) is 2. The highest BCUT2D eigenvalue weighted by Gasteiger charge is 2.22. The van der Waals surface area contributed by atoms with Crippen molar-refractivity contribution in [1.82, 2.24) is 9.97 Å². The van der Waals surface area contributed by atoms with Gasteiger partial charge >= 0.3 is 17.9 Å². The number of hydrogen-bond donors (Lipinski definition) is 5. The number of aromatic carboxylic acids is 1. The van der Waals surface area contributed by atoms with Gasteiger partial charge in [-0.2, -0.15) is 0 Å². The van der Waals surface area contributed by atoms with Crippen molar-refractivity contribution in [2.45, 2.75) is 46.0 Å². The van der Waals surface area contributed by atoms with Gasteiger partial charge in [0.05, 0.1) is 5.69 Å². The molecule has 0 saturated carbocycles. The summed E-state index contributed by atoms with van der Waals surface area (Å²) in [6.07, 6.45) is 0.964. The largest absolute Gasteiger partial charge is 0.481 e. The second-order valence-electron chi connectivity index (χ2n) is 6.59. The Labute approximate surface area is 160 Å². The molecule has 5 N–H and O–H groups in total. The lowest BCUT2D eigenvalue weighted by atomic mass is 9.98. The molecule has 0 aliphatic carbocycles. The maximum atomic E-state index is 11.5. The average Bonchev–Trinajstić information content (AvgIpc) is 3.08. The smallest absolute Gasteiger partial charge is 0.352 e. The molecule has 0 aliphatic heterocycles. The van der Waals surface area contributed by atoms with E-state index in [0.29, 0.717) is 45.6 Å². The second kappa shape index (κ2) is 8.55. The predicted molar refractivity (Wildman–Crippen MR) is 98.1 cm³/mol. The highest BCUT2D eigenvalue weighted by molar-refractivity contribution is 5.88. The molecule has 2 rings (SSSR count). The van der Waals surface area contributed by atoms with Crippen molar-refractivity contribution < 1.29 is 34.5 Å². The summed E-state index contributed by atoms with van der Waals surface area (Å²) in [5, 5.41) is 27.3. The Balaban J connectivity index is 2.47. The maximum Gasteiger partial charge on any atom is 0.352 e. The zero-order valence-corrected chi connectivity index (χ0v) is 15.6. The topological polar surface area (TPSA) is 161 Å². The summed E-state index contributed by atoms with van der Waals surface area (Å²) in [4.78, 5) is 50.5. The van der Waals surface area contributed by atoms with Crippen molar-refractivity contribution >= 4 is 24.2 Å². The molecule has 9 nitrogen and oxygen atoms in total. The van der Waals surface area contributed by atoms with Crippen LogP contribution in [0.1, 0.15) is 67.5 Å². The standard InChI is InChI=1S/C19H22N2O7/c1-9-11(3-5-16(23)24)13(20-15(9)8-22)7-14-12(4-6-17(25)26)10(2)18(21-14)19(27)28/h8,20-21H,3-7H2,1-2H3,(H,23,24)(H,25,26)(H,27,28). The number of carbonyl (C=O) groups excluding carboxylic acids is 1. The highest BCUT2D eigenvalue weighted by Crippen LogP contribution is 2.26. The molecule has 0 aliphatic rings. The van der Waals surface area contributed by atoms with Gasteiger partial charge in [0.25, 0.3) is 0 Å². The summed E-state index contributed by atoms with van der Waals surface area (Å²) in [5.41, 5.74) is 3.88. The summed E-state index contributed by atoms with van der Waals surface area (Å²) >= 11 is 0. The van der Waals surface area contributed by atoms with E-state index in [1.165, 1.54) is 0 Å². The Hall–Kier alpha value is -3.36. The van der Waals surface area contributed by atoms with Crippen LogP contribution < -0.4 is 0 Å². The minimum atomic E-state index is -1.15. The molecule has 9 heteroatoms. The first-order valence-corrected chi connectivity index (χ1v) is 8.68. The molecule has 2 aromatic rings. The van der Waals surface area contributed by atoms with Gasteiger partial charge in [0.2, 0.25) is 0 Å². The van der Waals surface area contributed by atoms with E-state index >= 15 is 0 Å². The Morgan fingerprint density at radius 2 is 1.36 bits per heavy atom. The lowest BCUT2D eigenvalue weighted by Crippen LogP contribution is -2.04. The Morgan fingerprint density at radius 3 is 1.82 bits per heavy atom. The number of H-pyrrole nitrogens is 2. The Bertz CT molecular complexity index is 937. The van der Waals surface area contributed by atoms with Crippen molar-refractivity contribution in [2.75, 3.05) is 0 Å². The van der Waals surface area contributed by atoms with Gasteiger partial charge in [-0.3, -0.25) is 14.4 Å². The summed E-state index contributed by atoms with van der Waals surface area (Å²) in [6.45, 7) is 3.33. The van der Waals surface area contributed by atoms with E-state index in [2.05, 4.69) is 9.97 Å².